The van der Waals surface area contributed by atoms with Crippen LogP contribution in [0.4, 0.5) is 0 Å². The van der Waals surface area contributed by atoms with Crippen molar-refractivity contribution in [2.45, 2.75) is 0 Å². The van der Waals surface area contributed by atoms with Crippen LogP contribution in [0.5, 0.6) is 23.0 Å². The van der Waals surface area contributed by atoms with Gasteiger partial charge in [-0.1, -0.05) is 36.4 Å². The quantitative estimate of drug-likeness (QED) is 0.212. The predicted molar refractivity (Wildman–Crippen MR) is 139 cm³/mol. The molecule has 0 heterocycles. The monoisotopic (exact) mass is 474 g/mol. The number of ketones is 1. The minimum absolute atomic E-state index is 0.0730. The van der Waals surface area contributed by atoms with E-state index in [4.69, 9.17) is 0 Å². The molecule has 0 atom stereocenters. The van der Waals surface area contributed by atoms with Gasteiger partial charge in [0.1, 0.15) is 23.0 Å². The van der Waals surface area contributed by atoms with Gasteiger partial charge in [0.05, 0.1) is 0 Å². The molecule has 36 heavy (non-hydrogen) atoms. The van der Waals surface area contributed by atoms with Gasteiger partial charge < -0.3 is 20.4 Å². The number of carbonyl (C=O) groups excluding carboxylic acids is 1. The Morgan fingerprint density at radius 3 is 1.14 bits per heavy atom. The highest BCUT2D eigenvalue weighted by Crippen LogP contribution is 2.42. The van der Waals surface area contributed by atoms with Gasteiger partial charge in [-0.05, 0) is 106 Å². The molecule has 5 nitrogen and oxygen atoms in total. The van der Waals surface area contributed by atoms with Crippen LogP contribution < -0.4 is 0 Å². The maximum Gasteiger partial charge on any atom is 0.193 e. The number of aromatic hydroxyl groups is 4. The van der Waals surface area contributed by atoms with Crippen LogP contribution in [-0.4, -0.2) is 26.2 Å². The van der Waals surface area contributed by atoms with Gasteiger partial charge in [0.25, 0.3) is 0 Å². The van der Waals surface area contributed by atoms with E-state index >= 15 is 0 Å². The first kappa shape index (κ1) is 22.7. The van der Waals surface area contributed by atoms with Crippen molar-refractivity contribution in [1.82, 2.24) is 0 Å². The second-order valence-corrected chi connectivity index (χ2v) is 8.46. The minimum Gasteiger partial charge on any atom is -0.508 e. The van der Waals surface area contributed by atoms with Crippen LogP contribution in [0.2, 0.25) is 0 Å². The van der Waals surface area contributed by atoms with Crippen LogP contribution in [0.3, 0.4) is 0 Å². The lowest BCUT2D eigenvalue weighted by atomic mass is 9.84. The zero-order valence-electron chi connectivity index (χ0n) is 19.1. The fourth-order valence-corrected chi connectivity index (χ4v) is 4.23. The van der Waals surface area contributed by atoms with Crippen molar-refractivity contribution in [3.05, 3.63) is 120 Å². The Bertz CT molecular complexity index is 1470. The van der Waals surface area contributed by atoms with Crippen molar-refractivity contribution in [3.63, 3.8) is 0 Å². The fraction of sp³-hybridized carbons (Fsp3) is 0. The second-order valence-electron chi connectivity index (χ2n) is 8.46. The molecule has 5 aromatic rings. The second kappa shape index (κ2) is 9.31. The van der Waals surface area contributed by atoms with Crippen LogP contribution in [0, 0.1) is 0 Å². The highest BCUT2D eigenvalue weighted by molar-refractivity contribution is 6.12. The molecule has 5 rings (SSSR count). The third-order valence-electron chi connectivity index (χ3n) is 6.04. The Hall–Kier alpha value is -5.03. The molecule has 0 unspecified atom stereocenters. The van der Waals surface area contributed by atoms with Crippen LogP contribution in [0.25, 0.3) is 33.4 Å². The summed E-state index contributed by atoms with van der Waals surface area (Å²) in [5.74, 6) is 0.242. The van der Waals surface area contributed by atoms with E-state index in [0.717, 1.165) is 33.4 Å². The molecular weight excluding hydrogens is 452 g/mol. The zero-order valence-corrected chi connectivity index (χ0v) is 19.1. The summed E-state index contributed by atoms with van der Waals surface area (Å²) in [7, 11) is 0. The van der Waals surface area contributed by atoms with E-state index in [2.05, 4.69) is 0 Å². The number of benzene rings is 5. The molecule has 4 N–H and O–H groups in total. The minimum atomic E-state index is -0.215. The molecule has 176 valence electrons. The number of hydrogen-bond donors (Lipinski definition) is 4. The number of carbonyl (C=O) groups is 1. The van der Waals surface area contributed by atoms with Gasteiger partial charge in [0, 0.05) is 11.1 Å². The van der Waals surface area contributed by atoms with Gasteiger partial charge in [-0.3, -0.25) is 4.79 Å². The summed E-state index contributed by atoms with van der Waals surface area (Å²) in [6.45, 7) is 0. The van der Waals surface area contributed by atoms with Crippen molar-refractivity contribution in [3.8, 4) is 56.4 Å². The number of hydrogen-bond acceptors (Lipinski definition) is 5. The summed E-state index contributed by atoms with van der Waals surface area (Å²) in [6.07, 6.45) is 0. The lowest BCUT2D eigenvalue weighted by Crippen LogP contribution is -2.03. The van der Waals surface area contributed by atoms with Crippen molar-refractivity contribution >= 4 is 5.78 Å². The maximum atomic E-state index is 13.5. The molecule has 0 aliphatic carbocycles. The maximum absolute atomic E-state index is 13.5. The molecule has 0 saturated carbocycles. The number of phenols is 4. The average molecular weight is 475 g/mol. The van der Waals surface area contributed by atoms with Crippen LogP contribution in [0.1, 0.15) is 15.9 Å². The molecule has 0 aliphatic heterocycles. The van der Waals surface area contributed by atoms with Gasteiger partial charge in [0.15, 0.2) is 5.78 Å². The van der Waals surface area contributed by atoms with Crippen molar-refractivity contribution < 1.29 is 25.2 Å². The summed E-state index contributed by atoms with van der Waals surface area (Å²) >= 11 is 0. The molecule has 0 bridgehead atoms. The van der Waals surface area contributed by atoms with E-state index in [1.807, 2.05) is 12.1 Å². The van der Waals surface area contributed by atoms with E-state index in [1.165, 1.54) is 12.1 Å². The topological polar surface area (TPSA) is 98.0 Å². The molecule has 0 aromatic heterocycles. The molecule has 5 aromatic carbocycles. The molecule has 0 radical (unpaired) electrons. The lowest BCUT2D eigenvalue weighted by Gasteiger charge is -2.19. The summed E-state index contributed by atoms with van der Waals surface area (Å²) in [5.41, 5.74) is 5.61. The van der Waals surface area contributed by atoms with E-state index in [9.17, 15) is 25.2 Å². The molecule has 0 saturated heterocycles. The van der Waals surface area contributed by atoms with Crippen LogP contribution in [0.15, 0.2) is 109 Å². The van der Waals surface area contributed by atoms with Gasteiger partial charge >= 0.3 is 0 Å². The Labute approximate surface area is 207 Å². The summed E-state index contributed by atoms with van der Waals surface area (Å²) < 4.78 is 0. The summed E-state index contributed by atoms with van der Waals surface area (Å²) in [6, 6.07) is 30.0. The average Bonchev–Trinajstić information content (AvgIpc) is 2.89. The van der Waals surface area contributed by atoms with Crippen LogP contribution >= 0.6 is 0 Å². The third-order valence-corrected chi connectivity index (χ3v) is 6.04. The summed E-state index contributed by atoms with van der Waals surface area (Å²) in [4.78, 5) is 13.5. The van der Waals surface area contributed by atoms with Crippen molar-refractivity contribution in [1.29, 1.82) is 0 Å². The number of phenolic OH excluding ortho intramolecular Hbond substituents is 4. The fourth-order valence-electron chi connectivity index (χ4n) is 4.23. The highest BCUT2D eigenvalue weighted by atomic mass is 16.3. The number of rotatable bonds is 5. The molecule has 0 spiro atoms. The van der Waals surface area contributed by atoms with Gasteiger partial charge in [-0.2, -0.15) is 0 Å². The first-order chi connectivity index (χ1) is 17.4. The molecule has 0 aliphatic rings. The third kappa shape index (κ3) is 4.50. The molecule has 0 amide bonds. The molecule has 5 heteroatoms. The lowest BCUT2D eigenvalue weighted by molar-refractivity contribution is 0.103. The van der Waals surface area contributed by atoms with Crippen molar-refractivity contribution in [2.24, 2.45) is 0 Å². The van der Waals surface area contributed by atoms with Crippen LogP contribution in [-0.2, 0) is 0 Å². The van der Waals surface area contributed by atoms with Crippen molar-refractivity contribution in [2.75, 3.05) is 0 Å². The Morgan fingerprint density at radius 1 is 0.417 bits per heavy atom. The van der Waals surface area contributed by atoms with Gasteiger partial charge in [-0.25, -0.2) is 0 Å². The predicted octanol–water partition coefficient (Wildman–Crippen LogP) is 6.74. The van der Waals surface area contributed by atoms with E-state index in [-0.39, 0.29) is 28.8 Å². The normalized spacial score (nSPS) is 10.8. The van der Waals surface area contributed by atoms with Gasteiger partial charge in [-0.15, -0.1) is 0 Å². The zero-order chi connectivity index (χ0) is 25.2. The van der Waals surface area contributed by atoms with E-state index in [1.54, 1.807) is 84.9 Å². The Balaban J connectivity index is 1.82. The van der Waals surface area contributed by atoms with Gasteiger partial charge in [0.2, 0.25) is 0 Å². The highest BCUT2D eigenvalue weighted by Gasteiger charge is 2.20. The molecule has 0 fully saturated rings. The Morgan fingerprint density at radius 2 is 0.750 bits per heavy atom. The first-order valence-corrected chi connectivity index (χ1v) is 11.3. The molecular formula is C31H22O5. The van der Waals surface area contributed by atoms with E-state index < -0.39 is 0 Å². The SMILES string of the molecule is O=C(c1ccc(O)cc1)c1cc(-c2ccc(O)cc2)c(-c2ccc(O)cc2)c(-c2ccc(O)cc2)c1. The standard InChI is InChI=1S/C31H22O5/c32-24-9-1-19(2-10-24)28-17-23(31(36)22-7-15-27(35)16-8-22)18-29(20-3-11-25(33)12-4-20)30(28)21-5-13-26(34)14-6-21/h1-18,32-35H. The largest absolute Gasteiger partial charge is 0.508 e. The van der Waals surface area contributed by atoms with E-state index in [0.29, 0.717) is 11.1 Å². The summed E-state index contributed by atoms with van der Waals surface area (Å²) in [5, 5.41) is 39.3. The first-order valence-electron chi connectivity index (χ1n) is 11.3. The Kier molecular flexibility index (Phi) is 5.88. The smallest absolute Gasteiger partial charge is 0.193 e.